The second-order valence-corrected chi connectivity index (χ2v) is 16.2. The average molecular weight is 682 g/mol. The van der Waals surface area contributed by atoms with Gasteiger partial charge in [0.1, 0.15) is 18.2 Å². The molecule has 0 bridgehead atoms. The fourth-order valence-corrected chi connectivity index (χ4v) is 8.65. The summed E-state index contributed by atoms with van der Waals surface area (Å²) in [6.07, 6.45) is 2.54. The van der Waals surface area contributed by atoms with E-state index < -0.39 is 60.2 Å². The van der Waals surface area contributed by atoms with Crippen LogP contribution >= 0.6 is 0 Å². The summed E-state index contributed by atoms with van der Waals surface area (Å²) in [7, 11) is -5.38. The second kappa shape index (κ2) is 12.3. The van der Waals surface area contributed by atoms with Gasteiger partial charge in [0.15, 0.2) is 5.69 Å². The number of hydrogen-bond donors (Lipinski definition) is 2. The predicted octanol–water partition coefficient (Wildman–Crippen LogP) is 0.565. The number of nitrogens with zero attached hydrogens (tertiary/aromatic N) is 6. The van der Waals surface area contributed by atoms with Gasteiger partial charge in [0.25, 0.3) is 5.91 Å². The first-order valence-electron chi connectivity index (χ1n) is 14.6. The number of aromatic nitrogens is 3. The molecule has 2 aliphatic rings. The fraction of sp³-hybridized carbons (Fsp3) is 0.500. The molecule has 5 rings (SSSR count). The van der Waals surface area contributed by atoms with Crippen molar-refractivity contribution >= 4 is 43.5 Å². The molecule has 2 fully saturated rings. The SMILES string of the molecule is CC1CC(C)CN(C(=O)Cn2cc(N3CCCS3(=O)=O)n3c(=O)c(O)c(C(=O)NCc4ccc(F)cc4S(=O)(=O)N(C)C)nc23)C1. The number of carbonyl (C=O) groups excluding carboxylic acids is 2. The molecular weight excluding hydrogens is 645 g/mol. The number of benzene rings is 1. The highest BCUT2D eigenvalue weighted by molar-refractivity contribution is 7.93. The normalized spacial score (nSPS) is 20.0. The van der Waals surface area contributed by atoms with E-state index in [-0.39, 0.29) is 53.7 Å². The number of aromatic hydroxyl groups is 1. The van der Waals surface area contributed by atoms with E-state index in [9.17, 15) is 40.7 Å². The molecule has 2 aliphatic heterocycles. The van der Waals surface area contributed by atoms with Crippen LogP contribution in [0.5, 0.6) is 5.75 Å². The minimum absolute atomic E-state index is 0.0289. The van der Waals surface area contributed by atoms with Gasteiger partial charge < -0.3 is 19.9 Å². The third-order valence-corrected chi connectivity index (χ3v) is 11.9. The minimum atomic E-state index is -4.10. The molecule has 2 unspecified atom stereocenters. The van der Waals surface area contributed by atoms with Crippen molar-refractivity contribution in [3.05, 3.63) is 51.8 Å². The Morgan fingerprint density at radius 3 is 2.46 bits per heavy atom. The van der Waals surface area contributed by atoms with Gasteiger partial charge in [-0.2, -0.15) is 0 Å². The third kappa shape index (κ3) is 6.20. The zero-order chi connectivity index (χ0) is 33.7. The maximum atomic E-state index is 14.0. The molecule has 2 aromatic heterocycles. The number of anilines is 1. The Morgan fingerprint density at radius 2 is 1.85 bits per heavy atom. The third-order valence-electron chi connectivity index (χ3n) is 8.12. The zero-order valence-electron chi connectivity index (χ0n) is 25.8. The van der Waals surface area contributed by atoms with Gasteiger partial charge in [-0.3, -0.25) is 18.7 Å². The summed E-state index contributed by atoms with van der Waals surface area (Å²) in [5.41, 5.74) is -1.84. The molecule has 1 aromatic carbocycles. The number of fused-ring (bicyclic) bond motifs is 1. The lowest BCUT2D eigenvalue weighted by Gasteiger charge is -2.35. The van der Waals surface area contributed by atoms with Crippen LogP contribution < -0.4 is 15.2 Å². The lowest BCUT2D eigenvalue weighted by molar-refractivity contribution is -0.134. The fourth-order valence-electron chi connectivity index (χ4n) is 5.99. The summed E-state index contributed by atoms with van der Waals surface area (Å²) in [5, 5.41) is 13.3. The summed E-state index contributed by atoms with van der Waals surface area (Å²) >= 11 is 0. The molecule has 250 valence electrons. The Kier molecular flexibility index (Phi) is 8.91. The van der Waals surface area contributed by atoms with Crippen molar-refractivity contribution in [2.75, 3.05) is 43.8 Å². The Morgan fingerprint density at radius 1 is 1.17 bits per heavy atom. The van der Waals surface area contributed by atoms with Gasteiger partial charge >= 0.3 is 5.56 Å². The van der Waals surface area contributed by atoms with E-state index in [1.165, 1.54) is 30.9 Å². The molecular formula is C28H36FN7O8S2. The van der Waals surface area contributed by atoms with Crippen LogP contribution in [0.2, 0.25) is 0 Å². The highest BCUT2D eigenvalue weighted by Crippen LogP contribution is 2.28. The molecule has 2 saturated heterocycles. The number of likely N-dealkylation sites (tertiary alicyclic amines) is 1. The summed E-state index contributed by atoms with van der Waals surface area (Å²) < 4.78 is 69.2. The topological polar surface area (TPSA) is 184 Å². The van der Waals surface area contributed by atoms with Crippen molar-refractivity contribution in [3.63, 3.8) is 0 Å². The highest BCUT2D eigenvalue weighted by atomic mass is 32.2. The molecule has 0 saturated carbocycles. The van der Waals surface area contributed by atoms with Crippen molar-refractivity contribution in [2.24, 2.45) is 11.8 Å². The molecule has 18 heteroatoms. The molecule has 46 heavy (non-hydrogen) atoms. The molecule has 2 N–H and O–H groups in total. The molecule has 2 amide bonds. The van der Waals surface area contributed by atoms with Gasteiger partial charge in [-0.15, -0.1) is 0 Å². The van der Waals surface area contributed by atoms with E-state index in [1.807, 2.05) is 13.8 Å². The van der Waals surface area contributed by atoms with Crippen LogP contribution in [-0.4, -0.2) is 96.4 Å². The van der Waals surface area contributed by atoms with Crippen molar-refractivity contribution in [1.29, 1.82) is 0 Å². The van der Waals surface area contributed by atoms with Gasteiger partial charge in [-0.1, -0.05) is 19.9 Å². The summed E-state index contributed by atoms with van der Waals surface area (Å²) in [6, 6.07) is 3.01. The molecule has 0 radical (unpaired) electrons. The number of imidazole rings is 1. The lowest BCUT2D eigenvalue weighted by Crippen LogP contribution is -2.44. The lowest BCUT2D eigenvalue weighted by atomic mass is 9.92. The number of sulfonamides is 2. The number of carbonyl (C=O) groups is 2. The van der Waals surface area contributed by atoms with Gasteiger partial charge in [0.05, 0.1) is 16.8 Å². The molecule has 4 heterocycles. The molecule has 3 aromatic rings. The smallest absolute Gasteiger partial charge is 0.303 e. The number of nitrogens with one attached hydrogen (secondary N) is 1. The van der Waals surface area contributed by atoms with Crippen LogP contribution in [-0.2, 0) is 37.9 Å². The van der Waals surface area contributed by atoms with E-state index in [4.69, 9.17) is 0 Å². The number of amides is 2. The predicted molar refractivity (Wildman–Crippen MR) is 165 cm³/mol. The van der Waals surface area contributed by atoms with Crippen molar-refractivity contribution < 1.29 is 35.9 Å². The Bertz CT molecular complexity index is 1980. The first-order valence-corrected chi connectivity index (χ1v) is 17.7. The largest absolute Gasteiger partial charge is 0.501 e. The van der Waals surface area contributed by atoms with Crippen LogP contribution in [0.4, 0.5) is 10.2 Å². The molecule has 0 aliphatic carbocycles. The Hall–Kier alpha value is -4.03. The molecule has 2 atom stereocenters. The maximum absolute atomic E-state index is 14.0. The van der Waals surface area contributed by atoms with E-state index in [0.29, 0.717) is 19.5 Å². The van der Waals surface area contributed by atoms with Gasteiger partial charge in [0.2, 0.25) is 37.5 Å². The van der Waals surface area contributed by atoms with Gasteiger partial charge in [-0.25, -0.2) is 34.9 Å². The summed E-state index contributed by atoms with van der Waals surface area (Å²) in [4.78, 5) is 45.8. The van der Waals surface area contributed by atoms with Crippen LogP contribution in [0, 0.1) is 17.7 Å². The van der Waals surface area contributed by atoms with Crippen LogP contribution in [0.3, 0.4) is 0 Å². The number of halogens is 1. The van der Waals surface area contributed by atoms with E-state index in [2.05, 4.69) is 10.3 Å². The minimum Gasteiger partial charge on any atom is -0.501 e. The molecule has 0 spiro atoms. The van der Waals surface area contributed by atoms with Crippen molar-refractivity contribution in [1.82, 2.24) is 28.5 Å². The number of rotatable bonds is 8. The van der Waals surface area contributed by atoms with Crippen molar-refractivity contribution in [2.45, 2.75) is 44.7 Å². The first kappa shape index (κ1) is 33.3. The second-order valence-electron chi connectivity index (χ2n) is 12.1. The number of piperidine rings is 1. The number of hydrogen-bond acceptors (Lipinski definition) is 9. The van der Waals surface area contributed by atoms with Crippen LogP contribution in [0.1, 0.15) is 42.7 Å². The Balaban J connectivity index is 1.54. The highest BCUT2D eigenvalue weighted by Gasteiger charge is 2.34. The van der Waals surface area contributed by atoms with E-state index in [0.717, 1.165) is 31.6 Å². The van der Waals surface area contributed by atoms with Crippen molar-refractivity contribution in [3.8, 4) is 5.75 Å². The monoisotopic (exact) mass is 681 g/mol. The summed E-state index contributed by atoms with van der Waals surface area (Å²) in [5.74, 6) is -3.29. The van der Waals surface area contributed by atoms with Gasteiger partial charge in [-0.05, 0) is 42.4 Å². The van der Waals surface area contributed by atoms with Crippen LogP contribution in [0.25, 0.3) is 5.78 Å². The van der Waals surface area contributed by atoms with Crippen LogP contribution in [0.15, 0.2) is 34.1 Å². The van der Waals surface area contributed by atoms with E-state index in [1.54, 1.807) is 4.90 Å². The standard InChI is InChI=1S/C28H36FN7O8S2/c1-17-10-18(2)14-33(13-17)23(37)16-34-15-22(35-8-5-9-45(35,41)42)36-27(40)25(38)24(31-28(34)36)26(39)30-12-19-6-7-20(29)11-21(19)46(43,44)32(3)4/h6-7,11,15,17-18,38H,5,8-10,12-14,16H2,1-4H3,(H,30,39). The zero-order valence-corrected chi connectivity index (χ0v) is 27.4. The van der Waals surface area contributed by atoms with Gasteiger partial charge in [0, 0.05) is 40.3 Å². The quantitative estimate of drug-likeness (QED) is 0.343. The Labute approximate surface area is 265 Å². The average Bonchev–Trinajstić information content (AvgIpc) is 3.51. The first-order chi connectivity index (χ1) is 21.5. The maximum Gasteiger partial charge on any atom is 0.303 e. The molecule has 15 nitrogen and oxygen atoms in total. The summed E-state index contributed by atoms with van der Waals surface area (Å²) in [6.45, 7) is 4.41. The van der Waals surface area contributed by atoms with E-state index >= 15 is 0 Å².